The van der Waals surface area contributed by atoms with E-state index < -0.39 is 0 Å². The second-order valence-corrected chi connectivity index (χ2v) is 8.67. The lowest BCUT2D eigenvalue weighted by atomic mass is 9.99. The summed E-state index contributed by atoms with van der Waals surface area (Å²) in [7, 11) is 0. The van der Waals surface area contributed by atoms with E-state index in [4.69, 9.17) is 9.40 Å². The van der Waals surface area contributed by atoms with Crippen LogP contribution in [0.1, 0.15) is 35.2 Å². The maximum Gasteiger partial charge on any atom is 0.271 e. The van der Waals surface area contributed by atoms with Crippen LogP contribution >= 0.6 is 11.3 Å². The SMILES string of the molecule is Cc1cccc(-c2nnc(C[NH+]3CCC[C@@H](c4nc5ccccc5s4)C3)o2)c1. The standard InChI is InChI=1S/C22H22N4OS/c1-15-6-4-7-16(12-15)21-25-24-20(27-21)14-26-11-5-8-17(13-26)22-23-18-9-2-3-10-19(18)28-22/h2-4,6-7,9-10,12,17H,5,8,11,13-14H2,1H3/p+1/t17-/m1/s1. The lowest BCUT2D eigenvalue weighted by Gasteiger charge is -2.27. The van der Waals surface area contributed by atoms with Gasteiger partial charge in [0.25, 0.3) is 5.89 Å². The van der Waals surface area contributed by atoms with Crippen LogP contribution in [0.3, 0.4) is 0 Å². The van der Waals surface area contributed by atoms with E-state index in [2.05, 4.69) is 53.5 Å². The van der Waals surface area contributed by atoms with Gasteiger partial charge in [-0.1, -0.05) is 29.8 Å². The van der Waals surface area contributed by atoms with Gasteiger partial charge in [-0.2, -0.15) is 0 Å². The van der Waals surface area contributed by atoms with Gasteiger partial charge in [-0.05, 0) is 44.0 Å². The first-order chi connectivity index (χ1) is 13.7. The molecule has 0 aliphatic carbocycles. The molecule has 6 heteroatoms. The summed E-state index contributed by atoms with van der Waals surface area (Å²) in [6, 6.07) is 16.6. The Hall–Kier alpha value is -2.57. The molecule has 0 radical (unpaired) electrons. The van der Waals surface area contributed by atoms with Crippen LogP contribution in [0.15, 0.2) is 52.9 Å². The van der Waals surface area contributed by atoms with Crippen LogP contribution in [-0.2, 0) is 6.54 Å². The van der Waals surface area contributed by atoms with Crippen molar-refractivity contribution in [3.63, 3.8) is 0 Å². The van der Waals surface area contributed by atoms with E-state index in [1.165, 1.54) is 33.0 Å². The molecule has 0 saturated carbocycles. The van der Waals surface area contributed by atoms with Crippen molar-refractivity contribution in [2.24, 2.45) is 0 Å². The molecule has 0 spiro atoms. The fourth-order valence-electron chi connectivity index (χ4n) is 4.02. The van der Waals surface area contributed by atoms with E-state index in [0.29, 0.717) is 11.8 Å². The third kappa shape index (κ3) is 3.57. The summed E-state index contributed by atoms with van der Waals surface area (Å²) < 4.78 is 7.24. The Kier molecular flexibility index (Phi) is 4.66. The highest BCUT2D eigenvalue weighted by molar-refractivity contribution is 7.18. The number of hydrogen-bond acceptors (Lipinski definition) is 5. The molecule has 1 aliphatic rings. The molecule has 1 fully saturated rings. The molecule has 0 amide bonds. The van der Waals surface area contributed by atoms with E-state index in [0.717, 1.165) is 36.6 Å². The van der Waals surface area contributed by atoms with Crippen LogP contribution in [-0.4, -0.2) is 28.3 Å². The minimum absolute atomic E-state index is 0.514. The number of para-hydroxylation sites is 1. The summed E-state index contributed by atoms with van der Waals surface area (Å²) >= 11 is 1.84. The molecular weight excluding hydrogens is 368 g/mol. The first-order valence-corrected chi connectivity index (χ1v) is 10.6. The lowest BCUT2D eigenvalue weighted by Crippen LogP contribution is -3.12. The Morgan fingerprint density at radius 1 is 1.14 bits per heavy atom. The number of aryl methyl sites for hydroxylation is 1. The normalized spacial score (nSPS) is 19.9. The van der Waals surface area contributed by atoms with Crippen molar-refractivity contribution in [2.45, 2.75) is 32.2 Å². The highest BCUT2D eigenvalue weighted by Gasteiger charge is 2.28. The number of nitrogens with one attached hydrogen (secondary N) is 1. The topological polar surface area (TPSA) is 56.2 Å². The Labute approximate surface area is 168 Å². The Morgan fingerprint density at radius 3 is 2.96 bits per heavy atom. The van der Waals surface area contributed by atoms with Gasteiger partial charge >= 0.3 is 0 Å². The fourth-order valence-corrected chi connectivity index (χ4v) is 5.12. The summed E-state index contributed by atoms with van der Waals surface area (Å²) in [6.07, 6.45) is 2.41. The molecule has 5 nitrogen and oxygen atoms in total. The number of aromatic nitrogens is 3. The zero-order chi connectivity index (χ0) is 18.9. The number of quaternary nitrogens is 1. The smallest absolute Gasteiger partial charge is 0.271 e. The van der Waals surface area contributed by atoms with Crippen molar-refractivity contribution in [2.75, 3.05) is 13.1 Å². The molecule has 1 unspecified atom stereocenters. The number of likely N-dealkylation sites (tertiary alicyclic amines) is 1. The zero-order valence-electron chi connectivity index (χ0n) is 15.9. The summed E-state index contributed by atoms with van der Waals surface area (Å²) in [4.78, 5) is 6.38. The van der Waals surface area contributed by atoms with Gasteiger partial charge in [0, 0.05) is 5.56 Å². The number of thiazole rings is 1. The van der Waals surface area contributed by atoms with E-state index in [9.17, 15) is 0 Å². The molecular formula is C22H23N4OS+. The summed E-state index contributed by atoms with van der Waals surface area (Å²) in [5.41, 5.74) is 3.30. The minimum Gasteiger partial charge on any atom is -0.415 e. The molecule has 28 heavy (non-hydrogen) atoms. The van der Waals surface area contributed by atoms with Crippen LogP contribution in [0.25, 0.3) is 21.7 Å². The maximum absolute atomic E-state index is 5.96. The molecule has 1 N–H and O–H groups in total. The zero-order valence-corrected chi connectivity index (χ0v) is 16.7. The van der Waals surface area contributed by atoms with Gasteiger partial charge < -0.3 is 9.32 Å². The Balaban J connectivity index is 1.29. The third-order valence-electron chi connectivity index (χ3n) is 5.41. The van der Waals surface area contributed by atoms with Crippen LogP contribution in [0, 0.1) is 6.92 Å². The van der Waals surface area contributed by atoms with Crippen molar-refractivity contribution in [3.05, 3.63) is 65.0 Å². The first kappa shape index (κ1) is 17.5. The molecule has 5 rings (SSSR count). The molecule has 2 atom stereocenters. The van der Waals surface area contributed by atoms with Crippen molar-refractivity contribution in [1.82, 2.24) is 15.2 Å². The van der Waals surface area contributed by atoms with Gasteiger partial charge in [0.15, 0.2) is 6.54 Å². The fraction of sp³-hybridized carbons (Fsp3) is 0.318. The predicted octanol–water partition coefficient (Wildman–Crippen LogP) is 3.62. The van der Waals surface area contributed by atoms with E-state index >= 15 is 0 Å². The van der Waals surface area contributed by atoms with E-state index in [1.807, 2.05) is 23.5 Å². The number of rotatable bonds is 4. The van der Waals surface area contributed by atoms with E-state index in [1.54, 1.807) is 0 Å². The van der Waals surface area contributed by atoms with Gasteiger partial charge in [0.1, 0.15) is 5.01 Å². The Morgan fingerprint density at radius 2 is 2.07 bits per heavy atom. The minimum atomic E-state index is 0.514. The number of fused-ring (bicyclic) bond motifs is 1. The summed E-state index contributed by atoms with van der Waals surface area (Å²) in [6.45, 7) is 5.06. The van der Waals surface area contributed by atoms with Crippen LogP contribution in [0.2, 0.25) is 0 Å². The number of benzene rings is 2. The van der Waals surface area contributed by atoms with E-state index in [-0.39, 0.29) is 0 Å². The second kappa shape index (κ2) is 7.45. The summed E-state index contributed by atoms with van der Waals surface area (Å²) in [5, 5.41) is 9.83. The van der Waals surface area contributed by atoms with Crippen molar-refractivity contribution in [3.8, 4) is 11.5 Å². The van der Waals surface area contributed by atoms with Crippen molar-refractivity contribution in [1.29, 1.82) is 0 Å². The van der Waals surface area contributed by atoms with Gasteiger partial charge in [0.2, 0.25) is 5.89 Å². The molecule has 0 bridgehead atoms. The van der Waals surface area contributed by atoms with Gasteiger partial charge in [-0.25, -0.2) is 4.98 Å². The van der Waals surface area contributed by atoms with Crippen LogP contribution in [0.4, 0.5) is 0 Å². The largest absolute Gasteiger partial charge is 0.415 e. The average Bonchev–Trinajstić information content (AvgIpc) is 3.35. The molecule has 4 aromatic rings. The lowest BCUT2D eigenvalue weighted by molar-refractivity contribution is -0.921. The van der Waals surface area contributed by atoms with Crippen LogP contribution in [0.5, 0.6) is 0 Å². The average molecular weight is 392 g/mol. The number of nitrogens with zero attached hydrogens (tertiary/aromatic N) is 3. The monoisotopic (exact) mass is 391 g/mol. The molecule has 2 aromatic heterocycles. The predicted molar refractivity (Wildman–Crippen MR) is 110 cm³/mol. The second-order valence-electron chi connectivity index (χ2n) is 7.61. The molecule has 3 heterocycles. The van der Waals surface area contributed by atoms with Gasteiger partial charge in [-0.15, -0.1) is 21.5 Å². The molecule has 1 saturated heterocycles. The summed E-state index contributed by atoms with van der Waals surface area (Å²) in [5.74, 6) is 1.84. The quantitative estimate of drug-likeness (QED) is 0.577. The molecule has 2 aromatic carbocycles. The first-order valence-electron chi connectivity index (χ1n) is 9.83. The molecule has 1 aliphatic heterocycles. The number of hydrogen-bond donors (Lipinski definition) is 1. The Bertz CT molecular complexity index is 1070. The van der Waals surface area contributed by atoms with Gasteiger partial charge in [-0.3, -0.25) is 0 Å². The third-order valence-corrected chi connectivity index (χ3v) is 6.61. The van der Waals surface area contributed by atoms with Crippen molar-refractivity contribution >= 4 is 21.6 Å². The molecule has 142 valence electrons. The number of piperidine rings is 1. The van der Waals surface area contributed by atoms with Gasteiger partial charge in [0.05, 0.1) is 29.2 Å². The highest BCUT2D eigenvalue weighted by atomic mass is 32.1. The van der Waals surface area contributed by atoms with Crippen LogP contribution < -0.4 is 4.90 Å². The maximum atomic E-state index is 5.96. The highest BCUT2D eigenvalue weighted by Crippen LogP contribution is 2.30. The van der Waals surface area contributed by atoms with Crippen molar-refractivity contribution < 1.29 is 9.32 Å².